The molecule has 0 aliphatic carbocycles. The summed E-state index contributed by atoms with van der Waals surface area (Å²) in [6, 6.07) is 5.77. The highest BCUT2D eigenvalue weighted by Gasteiger charge is 2.32. The Morgan fingerprint density at radius 1 is 1.25 bits per heavy atom. The van der Waals surface area contributed by atoms with Crippen LogP contribution in [0.25, 0.3) is 11.2 Å². The number of aromatic nitrogens is 3. The van der Waals surface area contributed by atoms with Crippen molar-refractivity contribution in [1.82, 2.24) is 19.3 Å². The van der Waals surface area contributed by atoms with E-state index in [1.807, 2.05) is 0 Å². The Balaban J connectivity index is 1.99. The molecule has 3 rings (SSSR count). The van der Waals surface area contributed by atoms with Crippen LogP contribution in [0.3, 0.4) is 0 Å². The predicted octanol–water partition coefficient (Wildman–Crippen LogP) is 4.16. The first-order valence-corrected chi connectivity index (χ1v) is 10.1. The standard InChI is InChI=1S/C17H16ClF3N4O2S/c1-3-25-14-8-11(17(19,20)21)9-22-15(14)23-16(25)10(2)24-28(26,27)13-6-4-12(18)5-7-13/h4-10,24H,3H2,1-2H3. The number of fused-ring (bicyclic) bond motifs is 1. The number of nitrogens with zero attached hydrogens (tertiary/aromatic N) is 3. The molecule has 11 heteroatoms. The van der Waals surface area contributed by atoms with Crippen LogP contribution in [0.5, 0.6) is 0 Å². The highest BCUT2D eigenvalue weighted by molar-refractivity contribution is 7.89. The van der Waals surface area contributed by atoms with E-state index >= 15 is 0 Å². The van der Waals surface area contributed by atoms with Gasteiger partial charge in [0.25, 0.3) is 0 Å². The summed E-state index contributed by atoms with van der Waals surface area (Å²) in [5, 5.41) is 0.395. The number of alkyl halides is 3. The number of sulfonamides is 1. The molecule has 0 aliphatic rings. The van der Waals surface area contributed by atoms with Crippen LogP contribution in [0.1, 0.15) is 31.3 Å². The van der Waals surface area contributed by atoms with Crippen LogP contribution in [0.4, 0.5) is 13.2 Å². The highest BCUT2D eigenvalue weighted by atomic mass is 35.5. The van der Waals surface area contributed by atoms with Gasteiger partial charge in [-0.05, 0) is 44.2 Å². The van der Waals surface area contributed by atoms with Gasteiger partial charge >= 0.3 is 6.18 Å². The van der Waals surface area contributed by atoms with E-state index in [0.29, 0.717) is 17.8 Å². The third-order valence-electron chi connectivity index (χ3n) is 4.12. The van der Waals surface area contributed by atoms with Gasteiger partial charge in [0.05, 0.1) is 22.0 Å². The summed E-state index contributed by atoms with van der Waals surface area (Å²) in [5.74, 6) is 0.266. The lowest BCUT2D eigenvalue weighted by Gasteiger charge is -2.15. The van der Waals surface area contributed by atoms with Crippen LogP contribution in [0, 0.1) is 0 Å². The van der Waals surface area contributed by atoms with Crippen molar-refractivity contribution in [2.75, 3.05) is 0 Å². The zero-order chi connectivity index (χ0) is 20.7. The van der Waals surface area contributed by atoms with Crippen LogP contribution < -0.4 is 4.72 Å². The molecule has 3 aromatic rings. The van der Waals surface area contributed by atoms with Crippen molar-refractivity contribution in [1.29, 1.82) is 0 Å². The Kier molecular flexibility index (Phi) is 5.39. The number of rotatable bonds is 5. The molecule has 0 saturated carbocycles. The molecule has 2 aromatic heterocycles. The Morgan fingerprint density at radius 2 is 1.89 bits per heavy atom. The SMILES string of the molecule is CCn1c(C(C)NS(=O)(=O)c2ccc(Cl)cc2)nc2ncc(C(F)(F)F)cc21. The number of hydrogen-bond acceptors (Lipinski definition) is 4. The van der Waals surface area contributed by atoms with Crippen LogP contribution in [-0.4, -0.2) is 23.0 Å². The third kappa shape index (κ3) is 3.98. The molecule has 150 valence electrons. The molecule has 2 heterocycles. The Bertz CT molecular complexity index is 1110. The van der Waals surface area contributed by atoms with E-state index in [4.69, 9.17) is 11.6 Å². The van der Waals surface area contributed by atoms with Crippen molar-refractivity contribution in [3.63, 3.8) is 0 Å². The second kappa shape index (κ2) is 7.34. The molecule has 0 spiro atoms. The minimum Gasteiger partial charge on any atom is -0.326 e. The molecule has 28 heavy (non-hydrogen) atoms. The average Bonchev–Trinajstić information content (AvgIpc) is 2.99. The number of pyridine rings is 1. The van der Waals surface area contributed by atoms with Gasteiger partial charge in [-0.1, -0.05) is 11.6 Å². The van der Waals surface area contributed by atoms with Crippen molar-refractivity contribution >= 4 is 32.8 Å². The fraction of sp³-hybridized carbons (Fsp3) is 0.294. The van der Waals surface area contributed by atoms with Crippen molar-refractivity contribution in [2.45, 2.75) is 37.5 Å². The van der Waals surface area contributed by atoms with E-state index in [1.165, 1.54) is 28.8 Å². The molecule has 0 aliphatic heterocycles. The van der Waals surface area contributed by atoms with Crippen LogP contribution >= 0.6 is 11.6 Å². The lowest BCUT2D eigenvalue weighted by Crippen LogP contribution is -2.28. The quantitative estimate of drug-likeness (QED) is 0.656. The maximum absolute atomic E-state index is 13.0. The summed E-state index contributed by atoms with van der Waals surface area (Å²) >= 11 is 5.78. The summed E-state index contributed by atoms with van der Waals surface area (Å²) in [6.07, 6.45) is -3.83. The monoisotopic (exact) mass is 432 g/mol. The fourth-order valence-corrected chi connectivity index (χ4v) is 4.14. The van der Waals surface area contributed by atoms with Crippen molar-refractivity contribution in [2.24, 2.45) is 0 Å². The number of imidazole rings is 1. The molecule has 0 radical (unpaired) electrons. The summed E-state index contributed by atoms with van der Waals surface area (Å²) < 4.78 is 68.1. The molecule has 0 fully saturated rings. The summed E-state index contributed by atoms with van der Waals surface area (Å²) in [6.45, 7) is 3.58. The van der Waals surface area contributed by atoms with Crippen LogP contribution in [0.15, 0.2) is 41.4 Å². The molecular formula is C17H16ClF3N4O2S. The second-order valence-corrected chi connectivity index (χ2v) is 8.23. The van der Waals surface area contributed by atoms with E-state index < -0.39 is 27.8 Å². The van der Waals surface area contributed by atoms with E-state index in [2.05, 4.69) is 14.7 Å². The number of halogens is 4. The van der Waals surface area contributed by atoms with Gasteiger partial charge in [-0.15, -0.1) is 0 Å². The van der Waals surface area contributed by atoms with E-state index in [9.17, 15) is 21.6 Å². The Morgan fingerprint density at radius 3 is 2.46 bits per heavy atom. The molecule has 0 amide bonds. The lowest BCUT2D eigenvalue weighted by molar-refractivity contribution is -0.137. The van der Waals surface area contributed by atoms with Gasteiger partial charge in [0, 0.05) is 17.8 Å². The maximum atomic E-state index is 13.0. The fourth-order valence-electron chi connectivity index (χ4n) is 2.81. The Labute approximate surface area is 164 Å². The highest BCUT2D eigenvalue weighted by Crippen LogP contribution is 2.31. The molecule has 1 aromatic carbocycles. The first-order valence-electron chi connectivity index (χ1n) is 8.24. The molecule has 1 unspecified atom stereocenters. The number of benzene rings is 1. The van der Waals surface area contributed by atoms with E-state index in [-0.39, 0.29) is 21.9 Å². The van der Waals surface area contributed by atoms with E-state index in [1.54, 1.807) is 13.8 Å². The molecule has 0 bridgehead atoms. The topological polar surface area (TPSA) is 76.9 Å². The second-order valence-electron chi connectivity index (χ2n) is 6.08. The smallest absolute Gasteiger partial charge is 0.326 e. The summed E-state index contributed by atoms with van der Waals surface area (Å²) in [5.41, 5.74) is -0.595. The first kappa shape index (κ1) is 20.6. The molecule has 1 atom stereocenters. The van der Waals surface area contributed by atoms with Gasteiger partial charge in [0.2, 0.25) is 10.0 Å². The van der Waals surface area contributed by atoms with Crippen molar-refractivity contribution in [3.8, 4) is 0 Å². The van der Waals surface area contributed by atoms with Gasteiger partial charge in [0.1, 0.15) is 5.82 Å². The normalized spacial score (nSPS) is 13.8. The summed E-state index contributed by atoms with van der Waals surface area (Å²) in [7, 11) is -3.88. The first-order chi connectivity index (χ1) is 13.0. The van der Waals surface area contributed by atoms with Gasteiger partial charge in [0.15, 0.2) is 5.65 Å². The van der Waals surface area contributed by atoms with Gasteiger partial charge in [-0.3, -0.25) is 0 Å². The van der Waals surface area contributed by atoms with Crippen LogP contribution in [-0.2, 0) is 22.7 Å². The minimum atomic E-state index is -4.54. The number of nitrogens with one attached hydrogen (secondary N) is 1. The average molecular weight is 433 g/mol. The van der Waals surface area contributed by atoms with Gasteiger partial charge < -0.3 is 4.57 Å². The molecule has 6 nitrogen and oxygen atoms in total. The third-order valence-corrected chi connectivity index (χ3v) is 5.93. The van der Waals surface area contributed by atoms with Crippen molar-refractivity contribution < 1.29 is 21.6 Å². The number of hydrogen-bond donors (Lipinski definition) is 1. The van der Waals surface area contributed by atoms with E-state index in [0.717, 1.165) is 6.07 Å². The van der Waals surface area contributed by atoms with Crippen molar-refractivity contribution in [3.05, 3.63) is 52.9 Å². The zero-order valence-electron chi connectivity index (χ0n) is 14.8. The molecule has 1 N–H and O–H groups in total. The van der Waals surface area contributed by atoms with Gasteiger partial charge in [-0.2, -0.15) is 13.2 Å². The summed E-state index contributed by atoms with van der Waals surface area (Å²) in [4.78, 5) is 8.03. The van der Waals surface area contributed by atoms with Crippen LogP contribution in [0.2, 0.25) is 5.02 Å². The molecule has 0 saturated heterocycles. The predicted molar refractivity (Wildman–Crippen MR) is 98.4 cm³/mol. The number of aryl methyl sites for hydroxylation is 1. The lowest BCUT2D eigenvalue weighted by atomic mass is 10.2. The largest absolute Gasteiger partial charge is 0.417 e. The minimum absolute atomic E-state index is 0.0143. The maximum Gasteiger partial charge on any atom is 0.417 e. The molecular weight excluding hydrogens is 417 g/mol. The van der Waals surface area contributed by atoms with Gasteiger partial charge in [-0.25, -0.2) is 23.1 Å². The Hall–Kier alpha value is -2.17. The zero-order valence-corrected chi connectivity index (χ0v) is 16.4.